The average Bonchev–Trinajstić information content (AvgIpc) is 2.38. The van der Waals surface area contributed by atoms with Gasteiger partial charge in [-0.1, -0.05) is 26.0 Å². The maximum absolute atomic E-state index is 10.9. The molecule has 0 saturated carbocycles. The van der Waals surface area contributed by atoms with Gasteiger partial charge in [-0.05, 0) is 37.6 Å². The number of nitrogens with zero attached hydrogens (tertiary/aromatic N) is 1. The highest BCUT2D eigenvalue weighted by molar-refractivity contribution is 5.69. The number of likely N-dealkylation sites (N-methyl/N-ethyl adjacent to an activating group) is 1. The predicted octanol–water partition coefficient (Wildman–Crippen LogP) is 2.37. The van der Waals surface area contributed by atoms with Crippen LogP contribution in [0, 0.1) is 5.92 Å². The third-order valence-electron chi connectivity index (χ3n) is 3.43. The Morgan fingerprint density at radius 2 is 1.84 bits per heavy atom. The molecule has 0 amide bonds. The first-order chi connectivity index (χ1) is 8.93. The van der Waals surface area contributed by atoms with Crippen LogP contribution in [0.15, 0.2) is 24.3 Å². The van der Waals surface area contributed by atoms with E-state index in [-0.39, 0.29) is 17.7 Å². The molecule has 1 aromatic carbocycles. The number of rotatable bonds is 7. The van der Waals surface area contributed by atoms with Gasteiger partial charge in [0.1, 0.15) is 5.75 Å². The molecule has 4 nitrogen and oxygen atoms in total. The van der Waals surface area contributed by atoms with Crippen molar-refractivity contribution in [3.63, 3.8) is 0 Å². The van der Waals surface area contributed by atoms with Gasteiger partial charge in [0.2, 0.25) is 0 Å². The molecule has 0 fully saturated rings. The zero-order chi connectivity index (χ0) is 14.4. The quantitative estimate of drug-likeness (QED) is 0.794. The van der Waals surface area contributed by atoms with Crippen molar-refractivity contribution >= 4 is 5.97 Å². The maximum Gasteiger partial charge on any atom is 0.307 e. The van der Waals surface area contributed by atoms with Crippen LogP contribution in [0.5, 0.6) is 5.75 Å². The Labute approximate surface area is 114 Å². The summed E-state index contributed by atoms with van der Waals surface area (Å²) in [4.78, 5) is 13.1. The van der Waals surface area contributed by atoms with E-state index in [1.807, 2.05) is 19.1 Å². The fraction of sp³-hybridized carbons (Fsp3) is 0.533. The number of phenolic OH excluding ortho intramolecular Hbond substituents is 1. The topological polar surface area (TPSA) is 60.8 Å². The normalized spacial score (nSPS) is 14.3. The third kappa shape index (κ3) is 4.91. The third-order valence-corrected chi connectivity index (χ3v) is 3.43. The summed E-state index contributed by atoms with van der Waals surface area (Å²) >= 11 is 0. The minimum absolute atomic E-state index is 0.267. The highest BCUT2D eigenvalue weighted by atomic mass is 16.4. The summed E-state index contributed by atoms with van der Waals surface area (Å²) in [5.74, 6) is -0.847. The van der Waals surface area contributed by atoms with E-state index in [1.165, 1.54) is 0 Å². The minimum atomic E-state index is -0.754. The molecule has 0 aliphatic rings. The molecular weight excluding hydrogens is 242 g/mol. The van der Waals surface area contributed by atoms with Gasteiger partial charge in [-0.3, -0.25) is 9.69 Å². The summed E-state index contributed by atoms with van der Waals surface area (Å²) in [7, 11) is 0. The summed E-state index contributed by atoms with van der Waals surface area (Å²) in [6.07, 6.45) is 0.848. The summed E-state index contributed by atoms with van der Waals surface area (Å²) in [5, 5.41) is 18.2. The maximum atomic E-state index is 10.9. The van der Waals surface area contributed by atoms with Gasteiger partial charge in [-0.2, -0.15) is 0 Å². The SMILES string of the molecule is CCN(CC(C)C(=O)O)C(C)Cc1ccc(O)cc1. The molecule has 0 saturated heterocycles. The molecule has 19 heavy (non-hydrogen) atoms. The zero-order valence-corrected chi connectivity index (χ0v) is 11.8. The van der Waals surface area contributed by atoms with E-state index in [9.17, 15) is 9.90 Å². The molecule has 1 aromatic rings. The molecule has 2 atom stereocenters. The largest absolute Gasteiger partial charge is 0.508 e. The second-order valence-electron chi connectivity index (χ2n) is 5.05. The van der Waals surface area contributed by atoms with Crippen LogP contribution in [-0.2, 0) is 11.2 Å². The van der Waals surface area contributed by atoms with Crippen molar-refractivity contribution in [2.24, 2.45) is 5.92 Å². The van der Waals surface area contributed by atoms with E-state index in [2.05, 4.69) is 11.8 Å². The van der Waals surface area contributed by atoms with E-state index in [4.69, 9.17) is 5.11 Å². The number of hydrogen-bond acceptors (Lipinski definition) is 3. The van der Waals surface area contributed by atoms with Crippen molar-refractivity contribution in [1.29, 1.82) is 0 Å². The lowest BCUT2D eigenvalue weighted by Crippen LogP contribution is -2.39. The molecule has 0 spiro atoms. The van der Waals surface area contributed by atoms with Crippen LogP contribution in [0.4, 0.5) is 0 Å². The van der Waals surface area contributed by atoms with Crippen LogP contribution < -0.4 is 0 Å². The summed E-state index contributed by atoms with van der Waals surface area (Å²) in [6.45, 7) is 7.27. The number of carboxylic acid groups (broad SMARTS) is 1. The monoisotopic (exact) mass is 265 g/mol. The van der Waals surface area contributed by atoms with Crippen molar-refractivity contribution in [2.75, 3.05) is 13.1 Å². The Morgan fingerprint density at radius 3 is 2.32 bits per heavy atom. The Kier molecular flexibility index (Phi) is 5.83. The standard InChI is InChI=1S/C15H23NO3/c1-4-16(10-11(2)15(18)19)12(3)9-13-5-7-14(17)8-6-13/h5-8,11-12,17H,4,9-10H2,1-3H3,(H,18,19). The van der Waals surface area contributed by atoms with Gasteiger partial charge in [-0.15, -0.1) is 0 Å². The smallest absolute Gasteiger partial charge is 0.307 e. The lowest BCUT2D eigenvalue weighted by Gasteiger charge is -2.29. The van der Waals surface area contributed by atoms with Gasteiger partial charge in [0.05, 0.1) is 5.92 Å². The fourth-order valence-corrected chi connectivity index (χ4v) is 2.15. The van der Waals surface area contributed by atoms with Crippen LogP contribution in [0.2, 0.25) is 0 Å². The molecule has 0 aliphatic heterocycles. The molecule has 0 aromatic heterocycles. The lowest BCUT2D eigenvalue weighted by atomic mass is 10.0. The molecule has 2 N–H and O–H groups in total. The van der Waals surface area contributed by atoms with Gasteiger partial charge in [0.15, 0.2) is 0 Å². The number of carbonyl (C=O) groups is 1. The molecule has 1 rings (SSSR count). The van der Waals surface area contributed by atoms with Gasteiger partial charge in [-0.25, -0.2) is 0 Å². The van der Waals surface area contributed by atoms with Crippen molar-refractivity contribution in [1.82, 2.24) is 4.90 Å². The van der Waals surface area contributed by atoms with Crippen molar-refractivity contribution in [2.45, 2.75) is 33.2 Å². The van der Waals surface area contributed by atoms with E-state index >= 15 is 0 Å². The van der Waals surface area contributed by atoms with Crippen LogP contribution >= 0.6 is 0 Å². The van der Waals surface area contributed by atoms with Gasteiger partial charge in [0.25, 0.3) is 0 Å². The second-order valence-corrected chi connectivity index (χ2v) is 5.05. The molecule has 2 unspecified atom stereocenters. The molecule has 0 aliphatic carbocycles. The highest BCUT2D eigenvalue weighted by Crippen LogP contribution is 2.14. The van der Waals surface area contributed by atoms with E-state index < -0.39 is 5.97 Å². The molecule has 0 radical (unpaired) electrons. The molecule has 4 heteroatoms. The van der Waals surface area contributed by atoms with Crippen LogP contribution in [0.25, 0.3) is 0 Å². The van der Waals surface area contributed by atoms with Crippen LogP contribution in [0.3, 0.4) is 0 Å². The second kappa shape index (κ2) is 7.14. The van der Waals surface area contributed by atoms with E-state index in [0.717, 1.165) is 18.5 Å². The Hall–Kier alpha value is -1.55. The average molecular weight is 265 g/mol. The predicted molar refractivity (Wildman–Crippen MR) is 75.3 cm³/mol. The summed E-state index contributed by atoms with van der Waals surface area (Å²) < 4.78 is 0. The van der Waals surface area contributed by atoms with Crippen molar-refractivity contribution < 1.29 is 15.0 Å². The van der Waals surface area contributed by atoms with Gasteiger partial charge < -0.3 is 10.2 Å². The first-order valence-electron chi connectivity index (χ1n) is 6.68. The Morgan fingerprint density at radius 1 is 1.26 bits per heavy atom. The van der Waals surface area contributed by atoms with Crippen LogP contribution in [-0.4, -0.2) is 40.2 Å². The number of hydrogen-bond donors (Lipinski definition) is 2. The fourth-order valence-electron chi connectivity index (χ4n) is 2.15. The highest BCUT2D eigenvalue weighted by Gasteiger charge is 2.19. The van der Waals surface area contributed by atoms with E-state index in [1.54, 1.807) is 19.1 Å². The molecule has 0 heterocycles. The number of carboxylic acids is 1. The first-order valence-corrected chi connectivity index (χ1v) is 6.68. The van der Waals surface area contributed by atoms with E-state index in [0.29, 0.717) is 6.54 Å². The van der Waals surface area contributed by atoms with Gasteiger partial charge >= 0.3 is 5.97 Å². The first kappa shape index (κ1) is 15.5. The van der Waals surface area contributed by atoms with Crippen molar-refractivity contribution in [3.8, 4) is 5.75 Å². The molecular formula is C15H23NO3. The molecule has 106 valence electrons. The van der Waals surface area contributed by atoms with Crippen molar-refractivity contribution in [3.05, 3.63) is 29.8 Å². The summed E-state index contributed by atoms with van der Waals surface area (Å²) in [5.41, 5.74) is 1.15. The number of phenols is 1. The Bertz CT molecular complexity index is 402. The van der Waals surface area contributed by atoms with Crippen LogP contribution in [0.1, 0.15) is 26.3 Å². The number of aliphatic carboxylic acids is 1. The summed E-state index contributed by atoms with van der Waals surface area (Å²) in [6, 6.07) is 7.44. The number of benzene rings is 1. The minimum Gasteiger partial charge on any atom is -0.508 e. The molecule has 0 bridgehead atoms. The zero-order valence-electron chi connectivity index (χ0n) is 11.8. The lowest BCUT2D eigenvalue weighted by molar-refractivity contribution is -0.141. The van der Waals surface area contributed by atoms with Gasteiger partial charge in [0, 0.05) is 12.6 Å². The Balaban J connectivity index is 2.60. The number of aromatic hydroxyl groups is 1.